The van der Waals surface area contributed by atoms with E-state index < -0.39 is 0 Å². The molecule has 1 fully saturated rings. The van der Waals surface area contributed by atoms with Crippen LogP contribution in [0.2, 0.25) is 0 Å². The van der Waals surface area contributed by atoms with Crippen LogP contribution < -0.4 is 10.6 Å². The number of para-hydroxylation sites is 1. The number of benzene rings is 1. The third kappa shape index (κ3) is 4.98. The van der Waals surface area contributed by atoms with E-state index in [1.54, 1.807) is 13.0 Å². The Morgan fingerprint density at radius 1 is 1.19 bits per heavy atom. The third-order valence-corrected chi connectivity index (χ3v) is 5.07. The number of furan rings is 1. The van der Waals surface area contributed by atoms with Crippen LogP contribution in [-0.2, 0) is 11.2 Å². The first-order chi connectivity index (χ1) is 13.1. The van der Waals surface area contributed by atoms with Gasteiger partial charge in [-0.3, -0.25) is 14.5 Å². The van der Waals surface area contributed by atoms with Crippen molar-refractivity contribution in [2.75, 3.05) is 25.0 Å². The van der Waals surface area contributed by atoms with Gasteiger partial charge in [-0.1, -0.05) is 25.1 Å². The molecule has 1 aliphatic heterocycles. The highest BCUT2D eigenvalue weighted by molar-refractivity contribution is 5.95. The lowest BCUT2D eigenvalue weighted by Gasteiger charge is -2.31. The third-order valence-electron chi connectivity index (χ3n) is 5.07. The Morgan fingerprint density at radius 2 is 1.93 bits per heavy atom. The summed E-state index contributed by atoms with van der Waals surface area (Å²) >= 11 is 0. The number of carbonyl (C=O) groups is 2. The summed E-state index contributed by atoms with van der Waals surface area (Å²) in [6.07, 6.45) is 4.09. The predicted octanol–water partition coefficient (Wildman–Crippen LogP) is 2.98. The molecule has 0 radical (unpaired) electrons. The largest absolute Gasteiger partial charge is 0.469 e. The summed E-state index contributed by atoms with van der Waals surface area (Å²) in [6, 6.07) is 9.72. The van der Waals surface area contributed by atoms with E-state index in [0.29, 0.717) is 17.9 Å². The SMILES string of the molecule is CCc1ccccc1NC(=O)CN1CCC(NC(=O)c2ccoc2C)CC1. The van der Waals surface area contributed by atoms with Crippen LogP contribution >= 0.6 is 0 Å². The van der Waals surface area contributed by atoms with E-state index in [0.717, 1.165) is 43.6 Å². The minimum Gasteiger partial charge on any atom is -0.469 e. The summed E-state index contributed by atoms with van der Waals surface area (Å²) in [5.74, 6) is 0.551. The van der Waals surface area contributed by atoms with Crippen molar-refractivity contribution < 1.29 is 14.0 Å². The summed E-state index contributed by atoms with van der Waals surface area (Å²) in [7, 11) is 0. The van der Waals surface area contributed by atoms with Gasteiger partial charge in [-0.25, -0.2) is 0 Å². The lowest BCUT2D eigenvalue weighted by molar-refractivity contribution is -0.117. The fourth-order valence-electron chi connectivity index (χ4n) is 3.46. The Kier molecular flexibility index (Phi) is 6.29. The molecule has 0 bridgehead atoms. The van der Waals surface area contributed by atoms with E-state index in [1.807, 2.05) is 24.3 Å². The topological polar surface area (TPSA) is 74.6 Å². The second kappa shape index (κ2) is 8.86. The van der Waals surface area contributed by atoms with Gasteiger partial charge in [-0.05, 0) is 43.9 Å². The van der Waals surface area contributed by atoms with Crippen LogP contribution in [0.25, 0.3) is 0 Å². The van der Waals surface area contributed by atoms with Crippen molar-refractivity contribution in [1.29, 1.82) is 0 Å². The molecule has 27 heavy (non-hydrogen) atoms. The molecule has 2 heterocycles. The molecule has 2 amide bonds. The Morgan fingerprint density at radius 3 is 2.59 bits per heavy atom. The summed E-state index contributed by atoms with van der Waals surface area (Å²) in [6.45, 7) is 5.82. The molecule has 144 valence electrons. The zero-order valence-electron chi connectivity index (χ0n) is 16.0. The Labute approximate surface area is 159 Å². The minimum absolute atomic E-state index is 0.00686. The Hall–Kier alpha value is -2.60. The van der Waals surface area contributed by atoms with Gasteiger partial charge in [-0.15, -0.1) is 0 Å². The summed E-state index contributed by atoms with van der Waals surface area (Å²) in [4.78, 5) is 26.8. The monoisotopic (exact) mass is 369 g/mol. The van der Waals surface area contributed by atoms with Gasteiger partial charge in [-0.2, -0.15) is 0 Å². The normalized spacial score (nSPS) is 15.5. The van der Waals surface area contributed by atoms with Gasteiger partial charge in [0, 0.05) is 24.8 Å². The molecule has 6 heteroatoms. The lowest BCUT2D eigenvalue weighted by atomic mass is 10.0. The molecule has 2 aromatic rings. The number of nitrogens with zero attached hydrogens (tertiary/aromatic N) is 1. The number of likely N-dealkylation sites (tertiary alicyclic amines) is 1. The number of anilines is 1. The number of hydrogen-bond donors (Lipinski definition) is 2. The van der Waals surface area contributed by atoms with Gasteiger partial charge in [0.05, 0.1) is 18.4 Å². The number of aryl methyl sites for hydroxylation is 2. The highest BCUT2D eigenvalue weighted by atomic mass is 16.3. The molecule has 1 aromatic heterocycles. The van der Waals surface area contributed by atoms with E-state index in [9.17, 15) is 9.59 Å². The molecule has 1 aliphatic rings. The van der Waals surface area contributed by atoms with Crippen LogP contribution in [0.3, 0.4) is 0 Å². The number of piperidine rings is 1. The first-order valence-corrected chi connectivity index (χ1v) is 9.52. The van der Waals surface area contributed by atoms with E-state index >= 15 is 0 Å². The quantitative estimate of drug-likeness (QED) is 0.821. The van der Waals surface area contributed by atoms with Crippen LogP contribution in [0.5, 0.6) is 0 Å². The smallest absolute Gasteiger partial charge is 0.255 e. The van der Waals surface area contributed by atoms with Crippen molar-refractivity contribution in [1.82, 2.24) is 10.2 Å². The first kappa shape index (κ1) is 19.2. The maximum Gasteiger partial charge on any atom is 0.255 e. The van der Waals surface area contributed by atoms with Gasteiger partial charge in [0.15, 0.2) is 0 Å². The van der Waals surface area contributed by atoms with Gasteiger partial charge < -0.3 is 15.1 Å². The number of hydrogen-bond acceptors (Lipinski definition) is 4. The Bertz CT molecular complexity index is 791. The van der Waals surface area contributed by atoms with Crippen LogP contribution in [0.1, 0.15) is 41.4 Å². The van der Waals surface area contributed by atoms with Crippen molar-refractivity contribution in [3.05, 3.63) is 53.5 Å². The highest BCUT2D eigenvalue weighted by Gasteiger charge is 2.23. The molecule has 1 saturated heterocycles. The van der Waals surface area contributed by atoms with Crippen molar-refractivity contribution >= 4 is 17.5 Å². The highest BCUT2D eigenvalue weighted by Crippen LogP contribution is 2.16. The number of nitrogens with one attached hydrogen (secondary N) is 2. The van der Waals surface area contributed by atoms with Crippen molar-refractivity contribution in [3.63, 3.8) is 0 Å². The van der Waals surface area contributed by atoms with Crippen molar-refractivity contribution in [3.8, 4) is 0 Å². The predicted molar refractivity (Wildman–Crippen MR) is 105 cm³/mol. The molecular weight excluding hydrogens is 342 g/mol. The molecule has 0 saturated carbocycles. The van der Waals surface area contributed by atoms with E-state index in [4.69, 9.17) is 4.42 Å². The maximum atomic E-state index is 12.4. The van der Waals surface area contributed by atoms with Crippen LogP contribution in [0.4, 0.5) is 5.69 Å². The summed E-state index contributed by atoms with van der Waals surface area (Å²) in [5.41, 5.74) is 2.62. The number of carbonyl (C=O) groups excluding carboxylic acids is 2. The average molecular weight is 369 g/mol. The fourth-order valence-corrected chi connectivity index (χ4v) is 3.46. The molecule has 6 nitrogen and oxygen atoms in total. The van der Waals surface area contributed by atoms with Gasteiger partial charge in [0.25, 0.3) is 5.91 Å². The van der Waals surface area contributed by atoms with E-state index in [1.165, 1.54) is 6.26 Å². The summed E-state index contributed by atoms with van der Waals surface area (Å²) < 4.78 is 5.19. The molecule has 3 rings (SSSR count). The summed E-state index contributed by atoms with van der Waals surface area (Å²) in [5, 5.41) is 6.08. The molecule has 0 atom stereocenters. The number of amides is 2. The first-order valence-electron chi connectivity index (χ1n) is 9.52. The zero-order valence-corrected chi connectivity index (χ0v) is 16.0. The molecular formula is C21H27N3O3. The van der Waals surface area contributed by atoms with E-state index in [-0.39, 0.29) is 17.9 Å². The lowest BCUT2D eigenvalue weighted by Crippen LogP contribution is -2.46. The molecule has 2 N–H and O–H groups in total. The van der Waals surface area contributed by atoms with Gasteiger partial charge in [0.1, 0.15) is 5.76 Å². The van der Waals surface area contributed by atoms with Crippen LogP contribution in [0, 0.1) is 6.92 Å². The number of rotatable bonds is 6. The zero-order chi connectivity index (χ0) is 19.2. The average Bonchev–Trinajstić information content (AvgIpc) is 3.10. The minimum atomic E-state index is -0.0892. The van der Waals surface area contributed by atoms with Crippen LogP contribution in [0.15, 0.2) is 41.0 Å². The maximum absolute atomic E-state index is 12.4. The second-order valence-corrected chi connectivity index (χ2v) is 6.97. The fraction of sp³-hybridized carbons (Fsp3) is 0.429. The van der Waals surface area contributed by atoms with Gasteiger partial charge in [0.2, 0.25) is 5.91 Å². The van der Waals surface area contributed by atoms with E-state index in [2.05, 4.69) is 22.5 Å². The standard InChI is InChI=1S/C21H27N3O3/c1-3-16-6-4-5-7-19(16)23-20(25)14-24-11-8-17(9-12-24)22-21(26)18-10-13-27-15(18)2/h4-7,10,13,17H,3,8-9,11-12,14H2,1-2H3,(H,22,26)(H,23,25). The molecule has 0 aliphatic carbocycles. The van der Waals surface area contributed by atoms with Crippen LogP contribution in [-0.4, -0.2) is 42.4 Å². The molecule has 0 unspecified atom stereocenters. The van der Waals surface area contributed by atoms with Crippen molar-refractivity contribution in [2.45, 2.75) is 39.2 Å². The molecule has 0 spiro atoms. The van der Waals surface area contributed by atoms with Gasteiger partial charge >= 0.3 is 0 Å². The second-order valence-electron chi connectivity index (χ2n) is 6.97. The van der Waals surface area contributed by atoms with Crippen molar-refractivity contribution in [2.24, 2.45) is 0 Å². The molecule has 1 aromatic carbocycles. The Balaban J connectivity index is 1.44.